The van der Waals surface area contributed by atoms with Crippen molar-refractivity contribution in [1.82, 2.24) is 4.98 Å². The lowest BCUT2D eigenvalue weighted by molar-refractivity contribution is 0.456. The lowest BCUT2D eigenvalue weighted by Crippen LogP contribution is -1.94. The first-order valence-corrected chi connectivity index (χ1v) is 7.81. The van der Waals surface area contributed by atoms with Crippen molar-refractivity contribution in [1.29, 1.82) is 0 Å². The molecule has 0 aliphatic rings. The number of hydrogen-bond donors (Lipinski definition) is 2. The molecule has 2 N–H and O–H groups in total. The topological polar surface area (TPSA) is 48.4 Å². The molecule has 0 radical (unpaired) electrons. The van der Waals surface area contributed by atoms with Gasteiger partial charge in [0.15, 0.2) is 3.95 Å². The van der Waals surface area contributed by atoms with E-state index in [9.17, 15) is 5.11 Å². The molecule has 0 aliphatic heterocycles. The van der Waals surface area contributed by atoms with Gasteiger partial charge in [0, 0.05) is 6.54 Å². The van der Waals surface area contributed by atoms with Crippen LogP contribution in [0.5, 0.6) is 5.88 Å². The first-order valence-electron chi connectivity index (χ1n) is 6.58. The minimum atomic E-state index is 0.147. The Morgan fingerprint density at radius 2 is 1.94 bits per heavy atom. The van der Waals surface area contributed by atoms with Gasteiger partial charge < -0.3 is 10.1 Å². The van der Waals surface area contributed by atoms with E-state index in [1.807, 2.05) is 6.92 Å². The van der Waals surface area contributed by atoms with E-state index in [0.717, 1.165) is 23.6 Å². The minimum Gasteiger partial charge on any atom is -0.493 e. The molecule has 0 aromatic carbocycles. The van der Waals surface area contributed by atoms with Gasteiger partial charge in [-0.2, -0.15) is 0 Å². The Hall–Kier alpha value is -0.680. The van der Waals surface area contributed by atoms with Crippen molar-refractivity contribution in [3.05, 3.63) is 8.83 Å². The van der Waals surface area contributed by atoms with Gasteiger partial charge in [0.1, 0.15) is 4.88 Å². The lowest BCUT2D eigenvalue weighted by Gasteiger charge is -2.00. The molecule has 18 heavy (non-hydrogen) atoms. The van der Waals surface area contributed by atoms with Crippen molar-refractivity contribution in [2.24, 2.45) is 4.99 Å². The van der Waals surface area contributed by atoms with Crippen molar-refractivity contribution in [3.63, 3.8) is 0 Å². The van der Waals surface area contributed by atoms with Gasteiger partial charge in [-0.1, -0.05) is 50.4 Å². The Bertz CT molecular complexity index is 434. The average molecular weight is 286 g/mol. The van der Waals surface area contributed by atoms with Gasteiger partial charge in [-0.15, -0.1) is 0 Å². The zero-order chi connectivity index (χ0) is 13.4. The van der Waals surface area contributed by atoms with Crippen LogP contribution in [0.1, 0.15) is 57.2 Å². The van der Waals surface area contributed by atoms with Crippen LogP contribution in [-0.4, -0.2) is 22.3 Å². The summed E-state index contributed by atoms with van der Waals surface area (Å²) in [6, 6.07) is 0. The van der Waals surface area contributed by atoms with E-state index in [1.54, 1.807) is 0 Å². The van der Waals surface area contributed by atoms with E-state index in [4.69, 9.17) is 12.2 Å². The quantitative estimate of drug-likeness (QED) is 0.414. The first kappa shape index (κ1) is 15.4. The third kappa shape index (κ3) is 5.31. The second-order valence-corrected chi connectivity index (χ2v) is 6.11. The molecule has 1 rings (SSSR count). The van der Waals surface area contributed by atoms with Crippen LogP contribution in [0.25, 0.3) is 0 Å². The molecular weight excluding hydrogens is 264 g/mol. The summed E-state index contributed by atoms with van der Waals surface area (Å²) in [5.74, 6) is 0.147. The molecule has 0 saturated carbocycles. The van der Waals surface area contributed by atoms with E-state index in [-0.39, 0.29) is 5.88 Å². The van der Waals surface area contributed by atoms with Gasteiger partial charge in [0.05, 0.1) is 5.71 Å². The number of aliphatic imine (C=N–C) groups is 1. The third-order valence-electron chi connectivity index (χ3n) is 2.82. The maximum Gasteiger partial charge on any atom is 0.209 e. The third-order valence-corrected chi connectivity index (χ3v) is 4.15. The smallest absolute Gasteiger partial charge is 0.209 e. The number of thiazole rings is 1. The summed E-state index contributed by atoms with van der Waals surface area (Å²) in [4.78, 5) is 7.98. The molecule has 0 spiro atoms. The lowest BCUT2D eigenvalue weighted by atomic mass is 10.1. The Morgan fingerprint density at radius 1 is 1.28 bits per heavy atom. The fourth-order valence-electron chi connectivity index (χ4n) is 1.78. The SMILES string of the molecule is CCCCCCCCN=C(C)c1sc(=S)[nH]c1O. The minimum absolute atomic E-state index is 0.147. The largest absolute Gasteiger partial charge is 0.493 e. The predicted octanol–water partition coefficient (Wildman–Crippen LogP) is 4.68. The average Bonchev–Trinajstić information content (AvgIpc) is 2.67. The monoisotopic (exact) mass is 286 g/mol. The number of nitrogens with one attached hydrogen (secondary N) is 1. The molecule has 0 saturated heterocycles. The highest BCUT2D eigenvalue weighted by molar-refractivity contribution is 7.73. The molecule has 0 bridgehead atoms. The van der Waals surface area contributed by atoms with Gasteiger partial charge in [-0.25, -0.2) is 0 Å². The molecule has 0 unspecified atom stereocenters. The van der Waals surface area contributed by atoms with Crippen LogP contribution >= 0.6 is 23.6 Å². The van der Waals surface area contributed by atoms with Crippen molar-refractivity contribution < 1.29 is 5.11 Å². The van der Waals surface area contributed by atoms with Crippen LogP contribution in [0.15, 0.2) is 4.99 Å². The fourth-order valence-corrected chi connectivity index (χ4v) is 2.82. The molecule has 5 heteroatoms. The summed E-state index contributed by atoms with van der Waals surface area (Å²) in [5.41, 5.74) is 0.874. The van der Waals surface area contributed by atoms with Gasteiger partial charge in [-0.3, -0.25) is 4.99 Å². The van der Waals surface area contributed by atoms with E-state index >= 15 is 0 Å². The zero-order valence-electron chi connectivity index (χ0n) is 11.2. The van der Waals surface area contributed by atoms with Crippen LogP contribution in [0.3, 0.4) is 0 Å². The summed E-state index contributed by atoms with van der Waals surface area (Å²) in [5, 5.41) is 9.61. The van der Waals surface area contributed by atoms with Crippen LogP contribution in [-0.2, 0) is 0 Å². The number of aromatic hydroxyl groups is 1. The van der Waals surface area contributed by atoms with E-state index < -0.39 is 0 Å². The molecule has 0 aliphatic carbocycles. The Balaban J connectivity index is 2.30. The molecule has 0 amide bonds. The summed E-state index contributed by atoms with van der Waals surface area (Å²) < 4.78 is 0.594. The van der Waals surface area contributed by atoms with Crippen LogP contribution in [0.4, 0.5) is 0 Å². The number of aromatic amines is 1. The normalized spacial score (nSPS) is 12.0. The predicted molar refractivity (Wildman–Crippen MR) is 81.6 cm³/mol. The van der Waals surface area contributed by atoms with E-state index in [0.29, 0.717) is 3.95 Å². The van der Waals surface area contributed by atoms with Gasteiger partial charge >= 0.3 is 0 Å². The number of H-pyrrole nitrogens is 1. The molecule has 0 atom stereocenters. The number of unbranched alkanes of at least 4 members (excludes halogenated alkanes) is 5. The van der Waals surface area contributed by atoms with E-state index in [2.05, 4.69) is 16.9 Å². The summed E-state index contributed by atoms with van der Waals surface area (Å²) >= 11 is 6.36. The number of rotatable bonds is 8. The standard InChI is InChI=1S/C13H22N2OS2/c1-3-4-5-6-7-8-9-14-10(2)11-12(16)15-13(17)18-11/h16H,3-9H2,1-2H3,(H,15,17). The highest BCUT2D eigenvalue weighted by atomic mass is 32.1. The molecule has 0 fully saturated rings. The molecule has 1 heterocycles. The highest BCUT2D eigenvalue weighted by Crippen LogP contribution is 2.22. The van der Waals surface area contributed by atoms with Crippen LogP contribution < -0.4 is 0 Å². The zero-order valence-corrected chi connectivity index (χ0v) is 12.8. The second kappa shape index (κ2) is 8.43. The van der Waals surface area contributed by atoms with Crippen molar-refractivity contribution >= 4 is 29.3 Å². The fraction of sp³-hybridized carbons (Fsp3) is 0.692. The Labute approximate surface area is 118 Å². The maximum absolute atomic E-state index is 9.61. The van der Waals surface area contributed by atoms with Crippen molar-refractivity contribution in [2.45, 2.75) is 52.4 Å². The number of nitrogens with zero attached hydrogens (tertiary/aromatic N) is 1. The second-order valence-electron chi connectivity index (χ2n) is 4.43. The Morgan fingerprint density at radius 3 is 2.56 bits per heavy atom. The molecule has 1 aromatic heterocycles. The summed E-state index contributed by atoms with van der Waals surface area (Å²) in [6.07, 6.45) is 7.62. The van der Waals surface area contributed by atoms with E-state index in [1.165, 1.54) is 43.4 Å². The van der Waals surface area contributed by atoms with Gasteiger partial charge in [-0.05, 0) is 25.6 Å². The maximum atomic E-state index is 9.61. The van der Waals surface area contributed by atoms with Gasteiger partial charge in [0.2, 0.25) is 5.88 Å². The van der Waals surface area contributed by atoms with Gasteiger partial charge in [0.25, 0.3) is 0 Å². The number of hydrogen-bond acceptors (Lipinski definition) is 4. The highest BCUT2D eigenvalue weighted by Gasteiger charge is 2.07. The first-order chi connectivity index (χ1) is 8.65. The van der Waals surface area contributed by atoms with Crippen molar-refractivity contribution in [2.75, 3.05) is 6.54 Å². The summed E-state index contributed by atoms with van der Waals surface area (Å²) in [6.45, 7) is 4.99. The molecule has 1 aromatic rings. The molecule has 3 nitrogen and oxygen atoms in total. The molecular formula is C13H22N2OS2. The van der Waals surface area contributed by atoms with Crippen LogP contribution in [0.2, 0.25) is 0 Å². The Kier molecular flexibility index (Phi) is 7.20. The van der Waals surface area contributed by atoms with Crippen LogP contribution in [0, 0.1) is 3.95 Å². The molecule has 102 valence electrons. The van der Waals surface area contributed by atoms with Crippen molar-refractivity contribution in [3.8, 4) is 5.88 Å². The summed E-state index contributed by atoms with van der Waals surface area (Å²) in [7, 11) is 0. The number of aromatic nitrogens is 1.